The van der Waals surface area contributed by atoms with Crippen LogP contribution in [-0.2, 0) is 17.6 Å². The maximum atomic E-state index is 13.2. The zero-order valence-electron chi connectivity index (χ0n) is 22.5. The molecule has 2 aromatic carbocycles. The Labute approximate surface area is 246 Å². The Kier molecular flexibility index (Phi) is 7.83. The number of rotatable bonds is 4. The van der Waals surface area contributed by atoms with E-state index in [1.165, 1.54) is 30.5 Å². The minimum absolute atomic E-state index is 0.0328. The van der Waals surface area contributed by atoms with Crippen LogP contribution in [0.1, 0.15) is 24.0 Å². The van der Waals surface area contributed by atoms with Gasteiger partial charge in [-0.2, -0.15) is 4.98 Å². The Bertz CT molecular complexity index is 1630. The summed E-state index contributed by atoms with van der Waals surface area (Å²) in [5.74, 6) is 0.399. The smallest absolute Gasteiger partial charge is 0.321 e. The number of hydrogen-bond acceptors (Lipinski definition) is 7. The number of hydrogen-bond donors (Lipinski definition) is 4. The van der Waals surface area contributed by atoms with Crippen molar-refractivity contribution < 1.29 is 14.0 Å². The molecule has 10 nitrogen and oxygen atoms in total. The SMILES string of the molecule is O=C(C[C@H]1CCN(C(=O)Nc2ccc(F)cc2)C1)Nc1ccc2cc1CCc1cncc(c1)Nc1ncc(Cl)c(n1)N2. The Hall–Kier alpha value is -4.77. The van der Waals surface area contributed by atoms with Crippen molar-refractivity contribution in [2.24, 2.45) is 5.92 Å². The standard InChI is InChI=1S/C30H28ClFN8O2/c31-25-16-34-29-36-24-11-18(14-33-15-24)1-2-20-13-23(35-28(25)39-29)7-8-26(20)38-27(41)12-19-9-10-40(17-19)30(42)37-22-5-3-21(32)4-6-22/h3-8,11,13-16,19H,1-2,9-10,12,17H2,(H,37,42)(H,38,41)(H2,34,35,36,39)/t19-/m1/s1. The van der Waals surface area contributed by atoms with Crippen molar-refractivity contribution >= 4 is 58.1 Å². The first-order valence-corrected chi connectivity index (χ1v) is 14.0. The van der Waals surface area contributed by atoms with Gasteiger partial charge < -0.3 is 26.2 Å². The topological polar surface area (TPSA) is 124 Å². The van der Waals surface area contributed by atoms with Gasteiger partial charge in [0.15, 0.2) is 5.82 Å². The average molecular weight is 587 g/mol. The van der Waals surface area contributed by atoms with Gasteiger partial charge in [-0.1, -0.05) is 11.6 Å². The number of amides is 3. The van der Waals surface area contributed by atoms with Crippen LogP contribution in [0.2, 0.25) is 5.02 Å². The van der Waals surface area contributed by atoms with Crippen LogP contribution in [0.4, 0.5) is 43.7 Å². The summed E-state index contributed by atoms with van der Waals surface area (Å²) in [4.78, 5) is 40.6. The second kappa shape index (κ2) is 12.0. The molecule has 0 aliphatic carbocycles. The number of aryl methyl sites for hydroxylation is 2. The number of halogens is 2. The maximum Gasteiger partial charge on any atom is 0.321 e. The number of likely N-dealkylation sites (tertiary alicyclic amines) is 1. The second-order valence-corrected chi connectivity index (χ2v) is 10.8. The molecule has 1 saturated heterocycles. The Balaban J connectivity index is 1.13. The van der Waals surface area contributed by atoms with E-state index < -0.39 is 0 Å². The monoisotopic (exact) mass is 586 g/mol. The molecule has 12 heteroatoms. The summed E-state index contributed by atoms with van der Waals surface area (Å²) >= 11 is 6.36. The van der Waals surface area contributed by atoms with Crippen LogP contribution in [-0.4, -0.2) is 44.9 Å². The molecular formula is C30H28ClFN8O2. The molecule has 0 saturated carbocycles. The lowest BCUT2D eigenvalue weighted by molar-refractivity contribution is -0.117. The summed E-state index contributed by atoms with van der Waals surface area (Å²) in [6.45, 7) is 1.01. The fraction of sp³-hybridized carbons (Fsp3) is 0.233. The van der Waals surface area contributed by atoms with Crippen molar-refractivity contribution in [3.63, 3.8) is 0 Å². The van der Waals surface area contributed by atoms with Gasteiger partial charge in [0.2, 0.25) is 11.9 Å². The molecule has 6 rings (SSSR count). The van der Waals surface area contributed by atoms with Crippen LogP contribution in [0.25, 0.3) is 0 Å². The molecule has 214 valence electrons. The van der Waals surface area contributed by atoms with E-state index in [0.29, 0.717) is 48.4 Å². The first-order chi connectivity index (χ1) is 20.4. The Morgan fingerprint density at radius 3 is 2.71 bits per heavy atom. The molecule has 4 N–H and O–H groups in total. The van der Waals surface area contributed by atoms with Gasteiger partial charge in [-0.05, 0) is 84.8 Å². The molecular weight excluding hydrogens is 559 g/mol. The molecule has 6 bridgehead atoms. The largest absolute Gasteiger partial charge is 0.339 e. The molecule has 3 amide bonds. The van der Waals surface area contributed by atoms with Crippen LogP contribution in [0.3, 0.4) is 0 Å². The molecule has 4 heterocycles. The van der Waals surface area contributed by atoms with E-state index in [1.807, 2.05) is 30.5 Å². The number of carbonyl (C=O) groups excluding carboxylic acids is 2. The molecule has 0 radical (unpaired) electrons. The fourth-order valence-electron chi connectivity index (χ4n) is 5.14. The van der Waals surface area contributed by atoms with E-state index in [-0.39, 0.29) is 30.1 Å². The van der Waals surface area contributed by atoms with Gasteiger partial charge in [0.1, 0.15) is 10.8 Å². The minimum atomic E-state index is -0.365. The highest BCUT2D eigenvalue weighted by Crippen LogP contribution is 2.30. The summed E-state index contributed by atoms with van der Waals surface area (Å²) in [6.07, 6.45) is 7.43. The van der Waals surface area contributed by atoms with Crippen LogP contribution >= 0.6 is 11.6 Å². The number of benzene rings is 2. The number of anilines is 6. The van der Waals surface area contributed by atoms with Gasteiger partial charge in [-0.3, -0.25) is 9.78 Å². The van der Waals surface area contributed by atoms with E-state index in [1.54, 1.807) is 11.1 Å². The normalized spacial score (nSPS) is 15.8. The first-order valence-electron chi connectivity index (χ1n) is 13.6. The molecule has 0 spiro atoms. The summed E-state index contributed by atoms with van der Waals surface area (Å²) in [6, 6.07) is 13.1. The van der Waals surface area contributed by atoms with Crippen molar-refractivity contribution in [2.45, 2.75) is 25.7 Å². The van der Waals surface area contributed by atoms with Crippen molar-refractivity contribution in [2.75, 3.05) is 34.4 Å². The van der Waals surface area contributed by atoms with Crippen LogP contribution in [0.5, 0.6) is 0 Å². The van der Waals surface area contributed by atoms with Gasteiger partial charge in [0, 0.05) is 42.8 Å². The number of carbonyl (C=O) groups is 2. The van der Waals surface area contributed by atoms with E-state index >= 15 is 0 Å². The lowest BCUT2D eigenvalue weighted by atomic mass is 10.0. The Morgan fingerprint density at radius 1 is 1.00 bits per heavy atom. The number of nitrogens with one attached hydrogen (secondary N) is 4. The van der Waals surface area contributed by atoms with Crippen LogP contribution < -0.4 is 21.3 Å². The van der Waals surface area contributed by atoms with Crippen LogP contribution in [0.15, 0.2) is 67.1 Å². The summed E-state index contributed by atoms with van der Waals surface area (Å²) in [5.41, 5.74) is 4.75. The first kappa shape index (κ1) is 27.4. The highest BCUT2D eigenvalue weighted by Gasteiger charge is 2.28. The highest BCUT2D eigenvalue weighted by atomic mass is 35.5. The Morgan fingerprint density at radius 2 is 1.86 bits per heavy atom. The molecule has 2 aromatic heterocycles. The predicted octanol–water partition coefficient (Wildman–Crippen LogP) is 6.13. The molecule has 1 atom stereocenters. The number of fused-ring (bicyclic) bond motifs is 6. The quantitative estimate of drug-likeness (QED) is 0.227. The third kappa shape index (κ3) is 6.58. The maximum absolute atomic E-state index is 13.2. The predicted molar refractivity (Wildman–Crippen MR) is 160 cm³/mol. The average Bonchev–Trinajstić information content (AvgIpc) is 3.44. The van der Waals surface area contributed by atoms with E-state index in [4.69, 9.17) is 11.6 Å². The highest BCUT2D eigenvalue weighted by molar-refractivity contribution is 6.32. The third-order valence-electron chi connectivity index (χ3n) is 7.26. The molecule has 4 aromatic rings. The summed E-state index contributed by atoms with van der Waals surface area (Å²) in [5, 5.41) is 12.7. The zero-order valence-corrected chi connectivity index (χ0v) is 23.3. The zero-order chi connectivity index (χ0) is 29.1. The molecule has 1 fully saturated rings. The van der Waals surface area contributed by atoms with Crippen molar-refractivity contribution in [1.29, 1.82) is 0 Å². The van der Waals surface area contributed by atoms with Crippen molar-refractivity contribution in [1.82, 2.24) is 19.9 Å². The van der Waals surface area contributed by atoms with Gasteiger partial charge in [0.25, 0.3) is 0 Å². The van der Waals surface area contributed by atoms with Gasteiger partial charge >= 0.3 is 6.03 Å². The minimum Gasteiger partial charge on any atom is -0.339 e. The van der Waals surface area contributed by atoms with Gasteiger partial charge in [-0.15, -0.1) is 0 Å². The lowest BCUT2D eigenvalue weighted by Crippen LogP contribution is -2.33. The van der Waals surface area contributed by atoms with E-state index in [0.717, 1.165) is 34.6 Å². The van der Waals surface area contributed by atoms with E-state index in [9.17, 15) is 14.0 Å². The molecule has 2 aliphatic heterocycles. The van der Waals surface area contributed by atoms with Crippen molar-refractivity contribution in [3.8, 4) is 0 Å². The van der Waals surface area contributed by atoms with Crippen molar-refractivity contribution in [3.05, 3.63) is 89.1 Å². The molecule has 0 unspecified atom stereocenters. The second-order valence-electron chi connectivity index (χ2n) is 10.4. The summed E-state index contributed by atoms with van der Waals surface area (Å²) in [7, 11) is 0. The van der Waals surface area contributed by atoms with Gasteiger partial charge in [-0.25, -0.2) is 14.2 Å². The van der Waals surface area contributed by atoms with E-state index in [2.05, 4.69) is 36.2 Å². The fourth-order valence-corrected chi connectivity index (χ4v) is 5.27. The third-order valence-corrected chi connectivity index (χ3v) is 7.54. The number of urea groups is 1. The molecule has 2 aliphatic rings. The number of aromatic nitrogens is 3. The number of pyridine rings is 1. The lowest BCUT2D eigenvalue weighted by Gasteiger charge is -2.18. The molecule has 42 heavy (non-hydrogen) atoms. The summed E-state index contributed by atoms with van der Waals surface area (Å²) < 4.78 is 13.2. The number of nitrogens with zero attached hydrogens (tertiary/aromatic N) is 4. The van der Waals surface area contributed by atoms with Crippen LogP contribution in [0, 0.1) is 11.7 Å². The van der Waals surface area contributed by atoms with Gasteiger partial charge in [0.05, 0.1) is 18.1 Å².